The second-order valence-corrected chi connectivity index (χ2v) is 6.54. The fraction of sp³-hybridized carbons (Fsp3) is 0.357. The van der Waals surface area contributed by atoms with E-state index in [0.29, 0.717) is 5.37 Å². The Morgan fingerprint density at radius 2 is 2.42 bits per heavy atom. The molecular weight excluding hydrogens is 276 g/mol. The van der Waals surface area contributed by atoms with Crippen molar-refractivity contribution in [3.8, 4) is 0 Å². The van der Waals surface area contributed by atoms with Gasteiger partial charge in [-0.1, -0.05) is 31.5 Å². The van der Waals surface area contributed by atoms with Crippen LogP contribution in [0.1, 0.15) is 31.1 Å². The van der Waals surface area contributed by atoms with Crippen molar-refractivity contribution >= 4 is 33.9 Å². The Morgan fingerprint density at radius 3 is 3.11 bits per heavy atom. The molecule has 0 fully saturated rings. The molecule has 19 heavy (non-hydrogen) atoms. The molecule has 0 amide bonds. The van der Waals surface area contributed by atoms with E-state index in [1.165, 1.54) is 29.0 Å². The van der Waals surface area contributed by atoms with Gasteiger partial charge in [0.1, 0.15) is 0 Å². The number of furan rings is 1. The Kier molecular flexibility index (Phi) is 3.94. The van der Waals surface area contributed by atoms with E-state index >= 15 is 0 Å². The fourth-order valence-electron chi connectivity index (χ4n) is 2.10. The summed E-state index contributed by atoms with van der Waals surface area (Å²) in [5.74, 6) is 0.924. The van der Waals surface area contributed by atoms with Gasteiger partial charge in [0.15, 0.2) is 5.88 Å². The van der Waals surface area contributed by atoms with Crippen LogP contribution >= 0.6 is 23.1 Å². The predicted molar refractivity (Wildman–Crippen MR) is 82.2 cm³/mol. The summed E-state index contributed by atoms with van der Waals surface area (Å²) in [5.41, 5.74) is 1.88. The number of nitrogens with zero attached hydrogens (tertiary/aromatic N) is 2. The van der Waals surface area contributed by atoms with Gasteiger partial charge >= 0.3 is 0 Å². The van der Waals surface area contributed by atoms with Crippen LogP contribution in [0.5, 0.6) is 0 Å². The molecule has 0 saturated carbocycles. The van der Waals surface area contributed by atoms with Crippen LogP contribution in [-0.2, 0) is 0 Å². The summed E-state index contributed by atoms with van der Waals surface area (Å²) >= 11 is 3.60. The second kappa shape index (κ2) is 5.84. The smallest absolute Gasteiger partial charge is 0.200 e. The molecule has 1 aliphatic rings. The Hall–Kier alpha value is -1.20. The average Bonchev–Trinajstić information content (AvgIpc) is 3.14. The highest BCUT2D eigenvalue weighted by Gasteiger charge is 2.28. The minimum Gasteiger partial charge on any atom is -0.448 e. The van der Waals surface area contributed by atoms with Gasteiger partial charge in [-0.05, 0) is 12.5 Å². The Labute approximate surface area is 121 Å². The number of thioether (sulfide) groups is 1. The molecule has 0 spiro atoms. The average molecular weight is 292 g/mol. The Morgan fingerprint density at radius 1 is 1.47 bits per heavy atom. The molecule has 2 aromatic rings. The van der Waals surface area contributed by atoms with E-state index in [0.717, 1.165) is 5.88 Å². The number of rotatable bonds is 5. The topological polar surface area (TPSA) is 29.3 Å². The molecule has 2 aromatic heterocycles. The Bertz CT molecular complexity index is 534. The molecule has 100 valence electrons. The highest BCUT2D eigenvalue weighted by Crippen LogP contribution is 2.44. The maximum Gasteiger partial charge on any atom is 0.200 e. The minimum atomic E-state index is 0.434. The summed E-state index contributed by atoms with van der Waals surface area (Å²) in [6.07, 6.45) is 9.48. The summed E-state index contributed by atoms with van der Waals surface area (Å²) in [4.78, 5) is 8.94. The van der Waals surface area contributed by atoms with Gasteiger partial charge in [0.05, 0.1) is 22.0 Å². The van der Waals surface area contributed by atoms with E-state index in [9.17, 15) is 0 Å². The molecule has 1 atom stereocenters. The number of unbranched alkanes of at least 4 members (excludes halogenated alkanes) is 1. The number of aromatic nitrogens is 1. The normalized spacial score (nSPS) is 18.9. The van der Waals surface area contributed by atoms with Gasteiger partial charge in [-0.3, -0.25) is 4.98 Å². The van der Waals surface area contributed by atoms with Crippen molar-refractivity contribution < 1.29 is 4.42 Å². The molecule has 0 aromatic carbocycles. The molecule has 3 nitrogen and oxygen atoms in total. The molecular formula is C14H16N2OS2. The van der Waals surface area contributed by atoms with Gasteiger partial charge in [-0.15, -0.1) is 11.3 Å². The zero-order valence-electron chi connectivity index (χ0n) is 10.8. The lowest BCUT2D eigenvalue weighted by Gasteiger charge is -2.21. The number of hydrogen-bond acceptors (Lipinski definition) is 5. The summed E-state index contributed by atoms with van der Waals surface area (Å²) in [7, 11) is 0. The number of hydrogen-bond donors (Lipinski definition) is 0. The van der Waals surface area contributed by atoms with Gasteiger partial charge in [-0.2, -0.15) is 0 Å². The first-order valence-corrected chi connectivity index (χ1v) is 8.23. The third-order valence-corrected chi connectivity index (χ3v) is 5.32. The van der Waals surface area contributed by atoms with E-state index < -0.39 is 0 Å². The first-order chi connectivity index (χ1) is 9.38. The van der Waals surface area contributed by atoms with E-state index in [1.807, 2.05) is 35.6 Å². The first-order valence-electron chi connectivity index (χ1n) is 6.47. The van der Waals surface area contributed by atoms with Crippen LogP contribution in [-0.4, -0.2) is 10.4 Å². The monoisotopic (exact) mass is 292 g/mol. The molecule has 0 bridgehead atoms. The van der Waals surface area contributed by atoms with Crippen LogP contribution in [0.4, 0.5) is 5.88 Å². The van der Waals surface area contributed by atoms with Gasteiger partial charge < -0.3 is 9.32 Å². The third kappa shape index (κ3) is 2.72. The van der Waals surface area contributed by atoms with E-state index in [-0.39, 0.29) is 0 Å². The lowest BCUT2D eigenvalue weighted by molar-refractivity contribution is 0.549. The van der Waals surface area contributed by atoms with Crippen molar-refractivity contribution in [2.45, 2.75) is 31.6 Å². The fourth-order valence-corrected chi connectivity index (χ4v) is 4.12. The van der Waals surface area contributed by atoms with Crippen LogP contribution in [0.15, 0.2) is 40.7 Å². The zero-order chi connectivity index (χ0) is 13.1. The minimum absolute atomic E-state index is 0.434. The van der Waals surface area contributed by atoms with Crippen molar-refractivity contribution in [1.82, 2.24) is 4.98 Å². The molecule has 1 unspecified atom stereocenters. The maximum atomic E-state index is 5.55. The second-order valence-electron chi connectivity index (χ2n) is 4.43. The van der Waals surface area contributed by atoms with E-state index in [4.69, 9.17) is 4.42 Å². The maximum absolute atomic E-state index is 5.55. The molecule has 3 rings (SSSR count). The van der Waals surface area contributed by atoms with Gasteiger partial charge in [0.2, 0.25) is 0 Å². The molecule has 0 saturated heterocycles. The van der Waals surface area contributed by atoms with Gasteiger partial charge in [0.25, 0.3) is 0 Å². The molecule has 0 aliphatic carbocycles. The van der Waals surface area contributed by atoms with Crippen molar-refractivity contribution in [3.05, 3.63) is 41.2 Å². The van der Waals surface area contributed by atoms with Crippen LogP contribution < -0.4 is 4.90 Å². The lowest BCUT2D eigenvalue weighted by Crippen LogP contribution is -2.23. The summed E-state index contributed by atoms with van der Waals surface area (Å²) in [5, 5.41) is 0.434. The highest BCUT2D eigenvalue weighted by molar-refractivity contribution is 8.09. The summed E-state index contributed by atoms with van der Waals surface area (Å²) < 4.78 is 5.55. The largest absolute Gasteiger partial charge is 0.448 e. The van der Waals surface area contributed by atoms with Crippen LogP contribution in [0, 0.1) is 0 Å². The van der Waals surface area contributed by atoms with Crippen molar-refractivity contribution in [1.29, 1.82) is 0 Å². The van der Waals surface area contributed by atoms with E-state index in [2.05, 4.69) is 23.0 Å². The predicted octanol–water partition coefficient (Wildman–Crippen LogP) is 4.80. The van der Waals surface area contributed by atoms with Crippen LogP contribution in [0.25, 0.3) is 4.91 Å². The van der Waals surface area contributed by atoms with E-state index in [1.54, 1.807) is 17.6 Å². The van der Waals surface area contributed by atoms with Gasteiger partial charge in [0, 0.05) is 23.4 Å². The highest BCUT2D eigenvalue weighted by atomic mass is 32.2. The quantitative estimate of drug-likeness (QED) is 0.791. The third-order valence-electron chi connectivity index (χ3n) is 3.07. The molecule has 1 aliphatic heterocycles. The lowest BCUT2D eigenvalue weighted by atomic mass is 10.2. The Balaban J connectivity index is 1.83. The molecule has 0 radical (unpaired) electrons. The van der Waals surface area contributed by atoms with Crippen molar-refractivity contribution in [3.63, 3.8) is 0 Å². The zero-order valence-corrected chi connectivity index (χ0v) is 12.4. The first kappa shape index (κ1) is 12.8. The number of thiazole rings is 1. The summed E-state index contributed by atoms with van der Waals surface area (Å²) in [6, 6.07) is 3.96. The van der Waals surface area contributed by atoms with Crippen LogP contribution in [0.2, 0.25) is 0 Å². The van der Waals surface area contributed by atoms with Crippen LogP contribution in [0.3, 0.4) is 0 Å². The summed E-state index contributed by atoms with van der Waals surface area (Å²) in [6.45, 7) is 2.23. The van der Waals surface area contributed by atoms with Gasteiger partial charge in [-0.25, -0.2) is 0 Å². The van der Waals surface area contributed by atoms with Crippen molar-refractivity contribution in [2.75, 3.05) is 4.90 Å². The molecule has 3 heterocycles. The SMILES string of the molecule is CCCCC1SC(c2cncs2)=CN1c1ccco1. The van der Waals surface area contributed by atoms with Crippen molar-refractivity contribution in [2.24, 2.45) is 0 Å². The molecule has 0 N–H and O–H groups in total. The standard InChI is InChI=1S/C14H16N2OS2/c1-2-3-6-14-16(13-5-4-7-17-13)9-12(19-14)11-8-15-10-18-11/h4-5,7-10,14H,2-3,6H2,1H3. The molecule has 5 heteroatoms. The number of anilines is 1.